The minimum atomic E-state index is -1.02. The van der Waals surface area contributed by atoms with Crippen LogP contribution in [0.25, 0.3) is 22.3 Å². The second kappa shape index (κ2) is 12.7. The molecule has 0 aliphatic rings. The first-order valence-electron chi connectivity index (χ1n) is 14.1. The molecule has 1 unspecified atom stereocenters. The molecule has 0 aliphatic carbocycles. The molecule has 2 aromatic carbocycles. The molecule has 0 bridgehead atoms. The topological polar surface area (TPSA) is 126 Å². The fourth-order valence-corrected chi connectivity index (χ4v) is 4.74. The Morgan fingerprint density at radius 3 is 2.23 bits per heavy atom. The molecule has 10 nitrogen and oxygen atoms in total. The van der Waals surface area contributed by atoms with Gasteiger partial charge in [0.15, 0.2) is 11.5 Å². The van der Waals surface area contributed by atoms with Crippen molar-refractivity contribution in [3.8, 4) is 22.3 Å². The summed E-state index contributed by atoms with van der Waals surface area (Å²) >= 11 is 6.10. The quantitative estimate of drug-likeness (QED) is 0.161. The Hall–Kier alpha value is -4.44. The van der Waals surface area contributed by atoms with Crippen molar-refractivity contribution in [3.63, 3.8) is 0 Å². The predicted octanol–water partition coefficient (Wildman–Crippen LogP) is 7.23. The van der Waals surface area contributed by atoms with E-state index in [0.29, 0.717) is 33.0 Å². The average Bonchev–Trinajstić information content (AvgIpc) is 3.51. The largest absolute Gasteiger partial charge is 0.460 e. The van der Waals surface area contributed by atoms with Gasteiger partial charge in [-0.1, -0.05) is 28.9 Å². The maximum atomic E-state index is 14.0. The molecule has 0 spiro atoms. The highest BCUT2D eigenvalue weighted by atomic mass is 35.5. The zero-order valence-corrected chi connectivity index (χ0v) is 26.9. The zero-order chi connectivity index (χ0) is 32.4. The van der Waals surface area contributed by atoms with Gasteiger partial charge in [-0.25, -0.2) is 4.79 Å². The van der Waals surface area contributed by atoms with Crippen LogP contribution in [0.15, 0.2) is 59.4 Å². The first-order chi connectivity index (χ1) is 20.5. The van der Waals surface area contributed by atoms with Crippen LogP contribution in [-0.4, -0.2) is 44.0 Å². The maximum absolute atomic E-state index is 14.0. The van der Waals surface area contributed by atoms with Crippen LogP contribution in [-0.2, 0) is 21.3 Å². The standard InChI is InChI=1S/C33H37ClN4O6/c1-19-28(30(44-37-19)26(16-27(39)42-32(2,3)4)36-31(41)43-33(5,6)7)24-14-11-21(22-17-35-38(8)18-22)15-25(24)29(40)20-9-12-23(34)13-10-20/h9-15,17-18,26H,16H2,1-8H3,(H,36,41). The van der Waals surface area contributed by atoms with E-state index in [1.807, 2.05) is 19.3 Å². The number of hydrogen-bond donors (Lipinski definition) is 1. The number of aromatic nitrogens is 3. The Morgan fingerprint density at radius 2 is 1.64 bits per heavy atom. The van der Waals surface area contributed by atoms with Gasteiger partial charge in [-0.2, -0.15) is 5.10 Å². The number of nitrogens with one attached hydrogen (secondary N) is 1. The Bertz CT molecular complexity index is 1650. The van der Waals surface area contributed by atoms with Crippen molar-refractivity contribution in [2.75, 3.05) is 0 Å². The smallest absolute Gasteiger partial charge is 0.408 e. The van der Waals surface area contributed by atoms with E-state index in [2.05, 4.69) is 15.6 Å². The summed E-state index contributed by atoms with van der Waals surface area (Å²) in [5, 5.41) is 11.7. The Kier molecular flexibility index (Phi) is 9.34. The number of ether oxygens (including phenoxy) is 2. The van der Waals surface area contributed by atoms with Crippen molar-refractivity contribution in [2.45, 2.75) is 72.1 Å². The van der Waals surface area contributed by atoms with Crippen LogP contribution in [0.5, 0.6) is 0 Å². The average molecular weight is 621 g/mol. The van der Waals surface area contributed by atoms with Crippen molar-refractivity contribution < 1.29 is 28.4 Å². The van der Waals surface area contributed by atoms with Gasteiger partial charge in [0.05, 0.1) is 23.9 Å². The Labute approximate surface area is 261 Å². The minimum Gasteiger partial charge on any atom is -0.460 e. The van der Waals surface area contributed by atoms with Crippen LogP contribution in [0.2, 0.25) is 5.02 Å². The van der Waals surface area contributed by atoms with Crippen LogP contribution >= 0.6 is 11.6 Å². The highest BCUT2D eigenvalue weighted by molar-refractivity contribution is 6.30. The first kappa shape index (κ1) is 32.5. The zero-order valence-electron chi connectivity index (χ0n) is 26.1. The summed E-state index contributed by atoms with van der Waals surface area (Å²) < 4.78 is 18.5. The van der Waals surface area contributed by atoms with E-state index in [1.54, 1.807) is 95.7 Å². The number of rotatable bonds is 8. The molecule has 0 saturated heterocycles. The monoisotopic (exact) mass is 620 g/mol. The van der Waals surface area contributed by atoms with Gasteiger partial charge < -0.3 is 19.3 Å². The summed E-state index contributed by atoms with van der Waals surface area (Å²) in [5.74, 6) is -0.654. The SMILES string of the molecule is Cc1noc(C(CC(=O)OC(C)(C)C)NC(=O)OC(C)(C)C)c1-c1ccc(-c2cnn(C)c2)cc1C(=O)c1ccc(Cl)cc1. The Morgan fingerprint density at radius 1 is 0.977 bits per heavy atom. The van der Waals surface area contributed by atoms with Gasteiger partial charge in [-0.15, -0.1) is 0 Å². The third-order valence-electron chi connectivity index (χ3n) is 6.37. The molecule has 1 atom stereocenters. The van der Waals surface area contributed by atoms with Gasteiger partial charge in [-0.05, 0) is 89.9 Å². The summed E-state index contributed by atoms with van der Waals surface area (Å²) in [6.07, 6.45) is 2.54. The van der Waals surface area contributed by atoms with Gasteiger partial charge in [0.25, 0.3) is 0 Å². The number of hydrogen-bond acceptors (Lipinski definition) is 8. The van der Waals surface area contributed by atoms with Gasteiger partial charge in [-0.3, -0.25) is 14.3 Å². The molecule has 44 heavy (non-hydrogen) atoms. The number of ketones is 1. The van der Waals surface area contributed by atoms with E-state index >= 15 is 0 Å². The normalized spacial score (nSPS) is 12.5. The fraction of sp³-hybridized carbons (Fsp3) is 0.364. The molecular formula is C33H37ClN4O6. The van der Waals surface area contributed by atoms with Crippen LogP contribution in [0.3, 0.4) is 0 Å². The van der Waals surface area contributed by atoms with E-state index < -0.39 is 29.3 Å². The van der Waals surface area contributed by atoms with Crippen molar-refractivity contribution >= 4 is 29.4 Å². The predicted molar refractivity (Wildman–Crippen MR) is 166 cm³/mol. The van der Waals surface area contributed by atoms with E-state index in [1.165, 1.54) is 0 Å². The van der Waals surface area contributed by atoms with Gasteiger partial charge >= 0.3 is 12.1 Å². The number of halogens is 1. The highest BCUT2D eigenvalue weighted by Gasteiger charge is 2.32. The molecule has 0 radical (unpaired) electrons. The minimum absolute atomic E-state index is 0.179. The second-order valence-electron chi connectivity index (χ2n) is 12.5. The first-order valence-corrected chi connectivity index (χ1v) is 14.5. The van der Waals surface area contributed by atoms with Crippen LogP contribution in [0.1, 0.15) is 81.4 Å². The molecule has 4 rings (SSSR count). The fourth-order valence-electron chi connectivity index (χ4n) is 4.62. The molecule has 2 heterocycles. The lowest BCUT2D eigenvalue weighted by atomic mass is 9.89. The third kappa shape index (κ3) is 8.13. The molecule has 0 aliphatic heterocycles. The van der Waals surface area contributed by atoms with Gasteiger partial charge in [0.1, 0.15) is 17.2 Å². The molecule has 1 amide bonds. The molecule has 1 N–H and O–H groups in total. The van der Waals surface area contributed by atoms with Gasteiger partial charge in [0.2, 0.25) is 0 Å². The number of amides is 1. The van der Waals surface area contributed by atoms with Crippen LogP contribution in [0, 0.1) is 6.92 Å². The number of esters is 1. The van der Waals surface area contributed by atoms with E-state index in [-0.39, 0.29) is 18.0 Å². The summed E-state index contributed by atoms with van der Waals surface area (Å²) in [6, 6.07) is 11.0. The maximum Gasteiger partial charge on any atom is 0.408 e. The number of aryl methyl sites for hydroxylation is 2. The Balaban J connectivity index is 1.86. The number of nitrogens with zero attached hydrogens (tertiary/aromatic N) is 3. The third-order valence-corrected chi connectivity index (χ3v) is 6.62. The lowest BCUT2D eigenvalue weighted by Crippen LogP contribution is -2.36. The number of carbonyl (C=O) groups excluding carboxylic acids is 3. The van der Waals surface area contributed by atoms with Crippen LogP contribution in [0.4, 0.5) is 4.79 Å². The van der Waals surface area contributed by atoms with E-state index in [0.717, 1.165) is 11.1 Å². The summed E-state index contributed by atoms with van der Waals surface area (Å²) in [7, 11) is 1.81. The second-order valence-corrected chi connectivity index (χ2v) is 12.9. The summed E-state index contributed by atoms with van der Waals surface area (Å²) in [4.78, 5) is 40.0. The molecule has 11 heteroatoms. The number of alkyl carbamates (subject to hydrolysis) is 1. The van der Waals surface area contributed by atoms with Crippen LogP contribution < -0.4 is 5.32 Å². The highest BCUT2D eigenvalue weighted by Crippen LogP contribution is 2.38. The lowest BCUT2D eigenvalue weighted by molar-refractivity contribution is -0.155. The molecule has 232 valence electrons. The van der Waals surface area contributed by atoms with Crippen molar-refractivity contribution in [1.82, 2.24) is 20.3 Å². The number of benzene rings is 2. The summed E-state index contributed by atoms with van der Waals surface area (Å²) in [5.41, 5.74) is 2.25. The number of carbonyl (C=O) groups is 3. The van der Waals surface area contributed by atoms with Crippen molar-refractivity contribution in [3.05, 3.63) is 82.5 Å². The van der Waals surface area contributed by atoms with E-state index in [4.69, 9.17) is 25.6 Å². The van der Waals surface area contributed by atoms with E-state index in [9.17, 15) is 14.4 Å². The molecule has 4 aromatic rings. The van der Waals surface area contributed by atoms with Gasteiger partial charge in [0, 0.05) is 35.0 Å². The lowest BCUT2D eigenvalue weighted by Gasteiger charge is -2.24. The molecular weight excluding hydrogens is 584 g/mol. The molecule has 0 fully saturated rings. The molecule has 0 saturated carbocycles. The van der Waals surface area contributed by atoms with Crippen molar-refractivity contribution in [2.24, 2.45) is 7.05 Å². The van der Waals surface area contributed by atoms with Crippen molar-refractivity contribution in [1.29, 1.82) is 0 Å². The summed E-state index contributed by atoms with van der Waals surface area (Å²) in [6.45, 7) is 12.2. The molecule has 2 aromatic heterocycles.